The molecule has 0 amide bonds. The van der Waals surface area contributed by atoms with Crippen LogP contribution in [-0.2, 0) is 19.3 Å². The predicted molar refractivity (Wildman–Crippen MR) is 87.5 cm³/mol. The molecule has 108 valence electrons. The van der Waals surface area contributed by atoms with E-state index in [0.29, 0.717) is 0 Å². The molecular formula is C19H27N. The second-order valence-corrected chi connectivity index (χ2v) is 6.38. The van der Waals surface area contributed by atoms with Crippen LogP contribution in [0.15, 0.2) is 12.1 Å². The zero-order valence-electron chi connectivity index (χ0n) is 13.0. The Kier molecular flexibility index (Phi) is 4.14. The van der Waals surface area contributed by atoms with E-state index in [4.69, 9.17) is 0 Å². The van der Waals surface area contributed by atoms with Gasteiger partial charge in [-0.1, -0.05) is 38.7 Å². The van der Waals surface area contributed by atoms with E-state index < -0.39 is 0 Å². The third kappa shape index (κ3) is 2.51. The Morgan fingerprint density at radius 1 is 1.05 bits per heavy atom. The fourth-order valence-corrected chi connectivity index (χ4v) is 3.75. The SMILES string of the molecule is CCCCCCCc1c(C)ccc2[nH]c3c(c12)CCC3. The summed E-state index contributed by atoms with van der Waals surface area (Å²) in [6.45, 7) is 4.57. The van der Waals surface area contributed by atoms with Crippen molar-refractivity contribution in [1.82, 2.24) is 4.98 Å². The molecule has 0 aliphatic heterocycles. The molecule has 1 N–H and O–H groups in total. The number of fused-ring (bicyclic) bond motifs is 3. The zero-order valence-corrected chi connectivity index (χ0v) is 13.0. The molecule has 0 saturated heterocycles. The molecule has 0 saturated carbocycles. The molecule has 3 rings (SSSR count). The summed E-state index contributed by atoms with van der Waals surface area (Å²) < 4.78 is 0. The second kappa shape index (κ2) is 6.03. The van der Waals surface area contributed by atoms with Gasteiger partial charge < -0.3 is 4.98 Å². The Morgan fingerprint density at radius 2 is 1.90 bits per heavy atom. The van der Waals surface area contributed by atoms with Crippen LogP contribution in [0.1, 0.15) is 67.8 Å². The Hall–Kier alpha value is -1.24. The largest absolute Gasteiger partial charge is 0.358 e. The van der Waals surface area contributed by atoms with E-state index in [9.17, 15) is 0 Å². The first-order valence-electron chi connectivity index (χ1n) is 8.43. The quantitative estimate of drug-likeness (QED) is 0.668. The molecule has 20 heavy (non-hydrogen) atoms. The Balaban J connectivity index is 1.83. The number of hydrogen-bond donors (Lipinski definition) is 1. The van der Waals surface area contributed by atoms with Crippen molar-refractivity contribution in [3.8, 4) is 0 Å². The minimum atomic E-state index is 1.25. The van der Waals surface area contributed by atoms with Crippen molar-refractivity contribution in [2.75, 3.05) is 0 Å². The van der Waals surface area contributed by atoms with E-state index in [2.05, 4.69) is 31.0 Å². The number of benzene rings is 1. The van der Waals surface area contributed by atoms with E-state index in [1.807, 2.05) is 0 Å². The van der Waals surface area contributed by atoms with Crippen LogP contribution in [0, 0.1) is 6.92 Å². The van der Waals surface area contributed by atoms with Crippen LogP contribution in [-0.4, -0.2) is 4.98 Å². The minimum Gasteiger partial charge on any atom is -0.358 e. The smallest absolute Gasteiger partial charge is 0.0461 e. The predicted octanol–water partition coefficient (Wildman–Crippen LogP) is 5.48. The lowest BCUT2D eigenvalue weighted by Crippen LogP contribution is -1.93. The summed E-state index contributed by atoms with van der Waals surface area (Å²) in [4.78, 5) is 3.65. The highest BCUT2D eigenvalue weighted by molar-refractivity contribution is 5.89. The molecule has 1 aliphatic rings. The molecule has 0 fully saturated rings. The van der Waals surface area contributed by atoms with Gasteiger partial charge in [-0.2, -0.15) is 0 Å². The molecule has 1 heterocycles. The number of rotatable bonds is 6. The maximum Gasteiger partial charge on any atom is 0.0461 e. The molecule has 0 bridgehead atoms. The van der Waals surface area contributed by atoms with Crippen molar-refractivity contribution in [3.05, 3.63) is 34.5 Å². The lowest BCUT2D eigenvalue weighted by molar-refractivity contribution is 0.632. The highest BCUT2D eigenvalue weighted by Gasteiger charge is 2.19. The topological polar surface area (TPSA) is 15.8 Å². The maximum absolute atomic E-state index is 3.65. The van der Waals surface area contributed by atoms with Crippen molar-refractivity contribution in [2.45, 2.75) is 71.6 Å². The molecule has 0 atom stereocenters. The third-order valence-corrected chi connectivity index (χ3v) is 4.88. The molecule has 1 aromatic heterocycles. The number of aromatic nitrogens is 1. The Morgan fingerprint density at radius 3 is 2.75 bits per heavy atom. The van der Waals surface area contributed by atoms with Crippen LogP contribution in [0.25, 0.3) is 10.9 Å². The van der Waals surface area contributed by atoms with E-state index in [-0.39, 0.29) is 0 Å². The van der Waals surface area contributed by atoms with Gasteiger partial charge in [0.2, 0.25) is 0 Å². The standard InChI is InChI=1S/C19H27N/c1-3-4-5-6-7-9-15-14(2)12-13-18-19(15)16-10-8-11-17(16)20-18/h12-13,20H,3-11H2,1-2H3. The van der Waals surface area contributed by atoms with Gasteiger partial charge >= 0.3 is 0 Å². The number of unbranched alkanes of at least 4 members (excludes halogenated alkanes) is 4. The van der Waals surface area contributed by atoms with Crippen molar-refractivity contribution in [1.29, 1.82) is 0 Å². The summed E-state index contributed by atoms with van der Waals surface area (Å²) >= 11 is 0. The summed E-state index contributed by atoms with van der Waals surface area (Å²) in [5, 5.41) is 1.58. The fraction of sp³-hybridized carbons (Fsp3) is 0.579. The average molecular weight is 269 g/mol. The van der Waals surface area contributed by atoms with Gasteiger partial charge in [-0.25, -0.2) is 0 Å². The summed E-state index contributed by atoms with van der Waals surface area (Å²) in [5.41, 5.74) is 7.63. The van der Waals surface area contributed by atoms with Gasteiger partial charge in [-0.05, 0) is 61.8 Å². The first kappa shape index (κ1) is 13.7. The molecular weight excluding hydrogens is 242 g/mol. The second-order valence-electron chi connectivity index (χ2n) is 6.38. The first-order chi connectivity index (χ1) is 9.81. The van der Waals surface area contributed by atoms with Gasteiger partial charge in [0.1, 0.15) is 0 Å². The highest BCUT2D eigenvalue weighted by Crippen LogP contribution is 2.34. The Bertz CT molecular complexity index is 591. The summed E-state index contributed by atoms with van der Waals surface area (Å²) in [6.07, 6.45) is 12.0. The first-order valence-corrected chi connectivity index (χ1v) is 8.43. The van der Waals surface area contributed by atoms with Crippen LogP contribution in [0.2, 0.25) is 0 Å². The van der Waals surface area contributed by atoms with Crippen LogP contribution in [0.5, 0.6) is 0 Å². The highest BCUT2D eigenvalue weighted by atomic mass is 14.7. The molecule has 1 aromatic carbocycles. The number of aromatic amines is 1. The van der Waals surface area contributed by atoms with Crippen molar-refractivity contribution < 1.29 is 0 Å². The van der Waals surface area contributed by atoms with Gasteiger partial charge in [0.25, 0.3) is 0 Å². The lowest BCUT2D eigenvalue weighted by atomic mass is 9.95. The van der Waals surface area contributed by atoms with E-state index in [1.165, 1.54) is 74.6 Å². The van der Waals surface area contributed by atoms with Crippen molar-refractivity contribution in [2.24, 2.45) is 0 Å². The van der Waals surface area contributed by atoms with Gasteiger partial charge in [0.15, 0.2) is 0 Å². The molecule has 0 spiro atoms. The summed E-state index contributed by atoms with van der Waals surface area (Å²) in [6, 6.07) is 4.58. The average Bonchev–Trinajstić information content (AvgIpc) is 3.01. The van der Waals surface area contributed by atoms with Crippen LogP contribution < -0.4 is 0 Å². The monoisotopic (exact) mass is 269 g/mol. The molecule has 2 aromatic rings. The number of aryl methyl sites for hydroxylation is 4. The maximum atomic E-state index is 3.65. The molecule has 1 aliphatic carbocycles. The fourth-order valence-electron chi connectivity index (χ4n) is 3.75. The van der Waals surface area contributed by atoms with E-state index >= 15 is 0 Å². The van der Waals surface area contributed by atoms with Gasteiger partial charge in [-0.15, -0.1) is 0 Å². The van der Waals surface area contributed by atoms with Gasteiger partial charge in [0, 0.05) is 16.6 Å². The number of nitrogens with one attached hydrogen (secondary N) is 1. The van der Waals surface area contributed by atoms with Crippen LogP contribution >= 0.6 is 0 Å². The molecule has 1 heteroatoms. The molecule has 0 unspecified atom stereocenters. The summed E-state index contributed by atoms with van der Waals surface area (Å²) in [5.74, 6) is 0. The van der Waals surface area contributed by atoms with Gasteiger partial charge in [0.05, 0.1) is 0 Å². The Labute approximate surface area is 122 Å². The molecule has 0 radical (unpaired) electrons. The number of H-pyrrole nitrogens is 1. The lowest BCUT2D eigenvalue weighted by Gasteiger charge is -2.09. The third-order valence-electron chi connectivity index (χ3n) is 4.88. The van der Waals surface area contributed by atoms with Gasteiger partial charge in [-0.3, -0.25) is 0 Å². The number of hydrogen-bond acceptors (Lipinski definition) is 0. The minimum absolute atomic E-state index is 1.25. The normalized spacial score (nSPS) is 14.1. The van der Waals surface area contributed by atoms with Crippen molar-refractivity contribution in [3.63, 3.8) is 0 Å². The molecule has 1 nitrogen and oxygen atoms in total. The van der Waals surface area contributed by atoms with Crippen LogP contribution in [0.3, 0.4) is 0 Å². The zero-order chi connectivity index (χ0) is 13.9. The van der Waals surface area contributed by atoms with E-state index in [0.717, 1.165) is 0 Å². The van der Waals surface area contributed by atoms with Crippen molar-refractivity contribution >= 4 is 10.9 Å². The van der Waals surface area contributed by atoms with E-state index in [1.54, 1.807) is 16.5 Å². The summed E-state index contributed by atoms with van der Waals surface area (Å²) in [7, 11) is 0. The van der Waals surface area contributed by atoms with Crippen LogP contribution in [0.4, 0.5) is 0 Å².